The fourth-order valence-corrected chi connectivity index (χ4v) is 2.94. The number of carboxylic acid groups (broad SMARTS) is 1. The molecule has 21 heavy (non-hydrogen) atoms. The van der Waals surface area contributed by atoms with Crippen LogP contribution in [-0.4, -0.2) is 26.9 Å². The highest BCUT2D eigenvalue weighted by molar-refractivity contribution is 7.15. The molecule has 1 heterocycles. The van der Waals surface area contributed by atoms with Crippen molar-refractivity contribution in [3.63, 3.8) is 0 Å². The quantitative estimate of drug-likeness (QED) is 0.793. The molecule has 0 aliphatic heterocycles. The van der Waals surface area contributed by atoms with Crippen LogP contribution in [0.5, 0.6) is 0 Å². The lowest BCUT2D eigenvalue weighted by Crippen LogP contribution is -2.22. The minimum absolute atomic E-state index is 0.251. The van der Waals surface area contributed by atoms with Gasteiger partial charge in [0.15, 0.2) is 0 Å². The van der Waals surface area contributed by atoms with Gasteiger partial charge in [-0.25, -0.2) is 9.78 Å². The first-order valence-electron chi connectivity index (χ1n) is 6.57. The van der Waals surface area contributed by atoms with Gasteiger partial charge in [-0.1, -0.05) is 24.3 Å². The molecule has 0 radical (unpaired) electrons. The molecule has 0 saturated carbocycles. The van der Waals surface area contributed by atoms with Crippen LogP contribution in [0, 0.1) is 0 Å². The van der Waals surface area contributed by atoms with E-state index in [0.717, 1.165) is 21.0 Å². The van der Waals surface area contributed by atoms with E-state index >= 15 is 0 Å². The number of benzene rings is 1. The highest BCUT2D eigenvalue weighted by atomic mass is 32.1. The van der Waals surface area contributed by atoms with Gasteiger partial charge in [-0.2, -0.15) is 0 Å². The van der Waals surface area contributed by atoms with Gasteiger partial charge in [-0.3, -0.25) is 0 Å². The second-order valence-corrected chi connectivity index (χ2v) is 6.55. The Balaban J connectivity index is 2.24. The molecule has 112 valence electrons. The molecule has 1 aromatic heterocycles. The third kappa shape index (κ3) is 4.54. The van der Waals surface area contributed by atoms with E-state index in [2.05, 4.69) is 10.3 Å². The molecular formula is C15H18N2O3S. The van der Waals surface area contributed by atoms with Crippen molar-refractivity contribution < 1.29 is 15.0 Å². The van der Waals surface area contributed by atoms with Crippen molar-refractivity contribution in [3.8, 4) is 10.6 Å². The topological polar surface area (TPSA) is 82.5 Å². The number of nitrogens with zero attached hydrogens (tertiary/aromatic N) is 1. The predicted molar refractivity (Wildman–Crippen MR) is 82.4 cm³/mol. The summed E-state index contributed by atoms with van der Waals surface area (Å²) in [4.78, 5) is 15.7. The van der Waals surface area contributed by atoms with Crippen LogP contribution in [0.25, 0.3) is 10.6 Å². The lowest BCUT2D eigenvalue weighted by atomic mass is 9.95. The molecule has 0 bridgehead atoms. The van der Waals surface area contributed by atoms with Crippen LogP contribution in [0.4, 0.5) is 4.79 Å². The second kappa shape index (κ2) is 6.24. The van der Waals surface area contributed by atoms with Crippen molar-refractivity contribution >= 4 is 17.4 Å². The summed E-state index contributed by atoms with van der Waals surface area (Å²) in [5, 5.41) is 21.8. The smallest absolute Gasteiger partial charge is 0.404 e. The zero-order valence-electron chi connectivity index (χ0n) is 12.0. The number of amides is 1. The average molecular weight is 306 g/mol. The molecule has 2 rings (SSSR count). The van der Waals surface area contributed by atoms with Gasteiger partial charge in [-0.05, 0) is 19.4 Å². The molecule has 0 atom stereocenters. The zero-order valence-corrected chi connectivity index (χ0v) is 12.8. The molecule has 0 spiro atoms. The molecule has 0 saturated heterocycles. The molecule has 0 aliphatic rings. The van der Waals surface area contributed by atoms with Crippen LogP contribution in [0.3, 0.4) is 0 Å². The fourth-order valence-electron chi connectivity index (χ4n) is 2.03. The maximum atomic E-state index is 10.5. The van der Waals surface area contributed by atoms with E-state index in [0.29, 0.717) is 6.42 Å². The summed E-state index contributed by atoms with van der Waals surface area (Å²) in [6.07, 6.45) is 1.16. The number of aliphatic hydroxyl groups is 1. The minimum Gasteiger partial charge on any atom is -0.465 e. The number of hydrogen-bond acceptors (Lipinski definition) is 4. The normalized spacial score (nSPS) is 11.4. The van der Waals surface area contributed by atoms with Gasteiger partial charge in [0.2, 0.25) is 0 Å². The number of nitrogens with one attached hydrogen (secondary N) is 1. The van der Waals surface area contributed by atoms with Crippen LogP contribution < -0.4 is 5.32 Å². The van der Waals surface area contributed by atoms with Gasteiger partial charge in [0.1, 0.15) is 5.01 Å². The van der Waals surface area contributed by atoms with Gasteiger partial charge in [0.25, 0.3) is 0 Å². The van der Waals surface area contributed by atoms with E-state index in [-0.39, 0.29) is 6.54 Å². The monoisotopic (exact) mass is 306 g/mol. The summed E-state index contributed by atoms with van der Waals surface area (Å²) in [6, 6.07) is 7.81. The van der Waals surface area contributed by atoms with Crippen LogP contribution in [0.1, 0.15) is 24.3 Å². The third-order valence-electron chi connectivity index (χ3n) is 2.84. The van der Waals surface area contributed by atoms with Crippen molar-refractivity contribution in [2.24, 2.45) is 0 Å². The van der Waals surface area contributed by atoms with Crippen molar-refractivity contribution in [2.45, 2.75) is 32.4 Å². The number of thiazole rings is 1. The first-order valence-corrected chi connectivity index (χ1v) is 7.39. The molecular weight excluding hydrogens is 288 g/mol. The molecule has 0 unspecified atom stereocenters. The Bertz CT molecular complexity index is 632. The van der Waals surface area contributed by atoms with E-state index < -0.39 is 11.7 Å². The van der Waals surface area contributed by atoms with E-state index in [1.165, 1.54) is 11.3 Å². The number of aromatic nitrogens is 1. The first kappa shape index (κ1) is 15.5. The summed E-state index contributed by atoms with van der Waals surface area (Å²) >= 11 is 1.45. The number of carbonyl (C=O) groups is 1. The minimum atomic E-state index is -1.05. The highest BCUT2D eigenvalue weighted by Crippen LogP contribution is 2.30. The molecule has 1 amide bonds. The summed E-state index contributed by atoms with van der Waals surface area (Å²) in [5.41, 5.74) is 1.21. The summed E-state index contributed by atoms with van der Waals surface area (Å²) in [6.45, 7) is 3.79. The molecule has 5 nitrogen and oxygen atoms in total. The number of rotatable bonds is 5. The Hall–Kier alpha value is -1.92. The maximum Gasteiger partial charge on any atom is 0.404 e. The molecule has 0 fully saturated rings. The maximum absolute atomic E-state index is 10.5. The summed E-state index contributed by atoms with van der Waals surface area (Å²) in [5.74, 6) is 0. The Kier molecular flexibility index (Phi) is 4.59. The summed E-state index contributed by atoms with van der Waals surface area (Å²) in [7, 11) is 0. The Morgan fingerprint density at radius 1 is 1.38 bits per heavy atom. The van der Waals surface area contributed by atoms with Crippen molar-refractivity contribution in [2.75, 3.05) is 0 Å². The summed E-state index contributed by atoms with van der Waals surface area (Å²) < 4.78 is 0. The predicted octanol–water partition coefficient (Wildman–Crippen LogP) is 2.89. The third-order valence-corrected chi connectivity index (χ3v) is 3.87. The van der Waals surface area contributed by atoms with Crippen molar-refractivity contribution in [3.05, 3.63) is 40.9 Å². The van der Waals surface area contributed by atoms with Crippen LogP contribution in [0.2, 0.25) is 0 Å². The van der Waals surface area contributed by atoms with Gasteiger partial charge >= 0.3 is 6.09 Å². The zero-order chi connectivity index (χ0) is 15.5. The lowest BCUT2D eigenvalue weighted by molar-refractivity contribution is 0.0811. The largest absolute Gasteiger partial charge is 0.465 e. The van der Waals surface area contributed by atoms with Gasteiger partial charge < -0.3 is 15.5 Å². The van der Waals surface area contributed by atoms with Gasteiger partial charge in [-0.15, -0.1) is 11.3 Å². The SMILES string of the molecule is CC(C)(O)Cc1ccccc1-c1ncc(CNC(=O)O)s1. The van der Waals surface area contributed by atoms with E-state index in [9.17, 15) is 9.90 Å². The standard InChI is InChI=1S/C15H18N2O3S/c1-15(2,20)7-10-5-3-4-6-12(10)13-16-8-11(21-13)9-17-14(18)19/h3-6,8,17,20H,7,9H2,1-2H3,(H,18,19). The van der Waals surface area contributed by atoms with Crippen LogP contribution in [0.15, 0.2) is 30.5 Å². The van der Waals surface area contributed by atoms with E-state index in [1.807, 2.05) is 24.3 Å². The van der Waals surface area contributed by atoms with Gasteiger partial charge in [0, 0.05) is 23.1 Å². The first-order chi connectivity index (χ1) is 9.85. The van der Waals surface area contributed by atoms with E-state index in [1.54, 1.807) is 20.0 Å². The molecule has 1 aromatic carbocycles. The second-order valence-electron chi connectivity index (χ2n) is 5.44. The molecule has 6 heteroatoms. The Morgan fingerprint density at radius 2 is 2.10 bits per heavy atom. The van der Waals surface area contributed by atoms with Crippen molar-refractivity contribution in [1.82, 2.24) is 10.3 Å². The Labute approximate surface area is 127 Å². The van der Waals surface area contributed by atoms with Crippen LogP contribution >= 0.6 is 11.3 Å². The van der Waals surface area contributed by atoms with E-state index in [4.69, 9.17) is 5.11 Å². The Morgan fingerprint density at radius 3 is 2.76 bits per heavy atom. The fraction of sp³-hybridized carbons (Fsp3) is 0.333. The lowest BCUT2D eigenvalue weighted by Gasteiger charge is -2.18. The molecule has 3 N–H and O–H groups in total. The molecule has 2 aromatic rings. The number of hydrogen-bond donors (Lipinski definition) is 3. The van der Waals surface area contributed by atoms with Crippen molar-refractivity contribution in [1.29, 1.82) is 0 Å². The highest BCUT2D eigenvalue weighted by Gasteiger charge is 2.17. The van der Waals surface area contributed by atoms with Crippen LogP contribution in [-0.2, 0) is 13.0 Å². The average Bonchev–Trinajstić information content (AvgIpc) is 2.83. The van der Waals surface area contributed by atoms with Gasteiger partial charge in [0.05, 0.1) is 12.1 Å². The molecule has 0 aliphatic carbocycles.